The van der Waals surface area contributed by atoms with Crippen LogP contribution in [0.1, 0.15) is 22.6 Å². The molecule has 0 aromatic heterocycles. The fourth-order valence-corrected chi connectivity index (χ4v) is 1.92. The average Bonchev–Trinajstić information content (AvgIpc) is 2.38. The molecule has 0 heterocycles. The first-order valence-corrected chi connectivity index (χ1v) is 5.54. The number of halogens is 3. The number of rotatable bonds is 2. The number of benzene rings is 2. The maximum absolute atomic E-state index is 12.9. The summed E-state index contributed by atoms with van der Waals surface area (Å²) in [5.41, 5.74) is 0.360. The molecule has 0 nitrogen and oxygen atoms in total. The Hall–Kier alpha value is -1.77. The maximum atomic E-state index is 12.9. The zero-order chi connectivity index (χ0) is 13.2. The lowest BCUT2D eigenvalue weighted by Crippen LogP contribution is -2.11. The molecular weight excluding hydrogens is 237 g/mol. The third kappa shape index (κ3) is 2.55. The summed E-state index contributed by atoms with van der Waals surface area (Å²) in [6.45, 7) is 3.85. The minimum atomic E-state index is -4.35. The Balaban J connectivity index is 2.46. The molecule has 18 heavy (non-hydrogen) atoms. The zero-order valence-electron chi connectivity index (χ0n) is 9.61. The molecule has 0 saturated heterocycles. The van der Waals surface area contributed by atoms with E-state index in [0.717, 1.165) is 11.6 Å². The van der Waals surface area contributed by atoms with E-state index in [0.29, 0.717) is 0 Å². The summed E-state index contributed by atoms with van der Waals surface area (Å²) in [4.78, 5) is 0. The highest BCUT2D eigenvalue weighted by molar-refractivity contribution is 5.40. The van der Waals surface area contributed by atoms with Gasteiger partial charge in [-0.2, -0.15) is 13.2 Å². The number of hydrogen-bond donors (Lipinski definition) is 0. The first-order valence-electron chi connectivity index (χ1n) is 5.54. The van der Waals surface area contributed by atoms with Gasteiger partial charge in [0.05, 0.1) is 5.56 Å². The Kier molecular flexibility index (Phi) is 3.41. The lowest BCUT2D eigenvalue weighted by Gasteiger charge is -2.18. The van der Waals surface area contributed by atoms with E-state index in [-0.39, 0.29) is 5.56 Å². The van der Waals surface area contributed by atoms with Crippen LogP contribution in [-0.4, -0.2) is 0 Å². The van der Waals surface area contributed by atoms with Gasteiger partial charge in [0.15, 0.2) is 0 Å². The molecule has 1 unspecified atom stereocenters. The summed E-state index contributed by atoms with van der Waals surface area (Å²) in [5.74, 6) is -0.524. The van der Waals surface area contributed by atoms with E-state index in [1.165, 1.54) is 12.1 Å². The summed E-state index contributed by atoms with van der Waals surface area (Å²) in [7, 11) is 0. The predicted octanol–water partition coefficient (Wildman–Crippen LogP) is 4.67. The lowest BCUT2D eigenvalue weighted by atomic mass is 9.89. The molecule has 2 aromatic rings. The van der Waals surface area contributed by atoms with Crippen LogP contribution >= 0.6 is 0 Å². The summed E-state index contributed by atoms with van der Waals surface area (Å²) in [5, 5.41) is 0. The van der Waals surface area contributed by atoms with Crippen molar-refractivity contribution in [3.63, 3.8) is 0 Å². The zero-order valence-corrected chi connectivity index (χ0v) is 9.61. The molecule has 1 atom stereocenters. The van der Waals surface area contributed by atoms with Gasteiger partial charge in [0, 0.05) is 5.92 Å². The highest BCUT2D eigenvalue weighted by Crippen LogP contribution is 2.36. The second-order valence-electron chi connectivity index (χ2n) is 4.05. The molecule has 2 rings (SSSR count). The number of alkyl halides is 3. The molecule has 0 N–H and O–H groups in total. The van der Waals surface area contributed by atoms with Crippen LogP contribution in [0.25, 0.3) is 0 Å². The van der Waals surface area contributed by atoms with Crippen LogP contribution in [0.4, 0.5) is 13.2 Å². The Morgan fingerprint density at radius 1 is 0.833 bits per heavy atom. The normalized spacial score (nSPS) is 13.3. The van der Waals surface area contributed by atoms with Gasteiger partial charge in [-0.1, -0.05) is 48.5 Å². The van der Waals surface area contributed by atoms with E-state index < -0.39 is 17.7 Å². The SMILES string of the molecule is [CH2]C(c1ccccc1)c1ccccc1C(F)(F)F. The van der Waals surface area contributed by atoms with Crippen LogP contribution in [0.3, 0.4) is 0 Å². The fourth-order valence-electron chi connectivity index (χ4n) is 1.92. The molecule has 3 heteroatoms. The molecule has 1 radical (unpaired) electrons. The average molecular weight is 249 g/mol. The highest BCUT2D eigenvalue weighted by atomic mass is 19.4. The first-order chi connectivity index (χ1) is 8.50. The molecular formula is C15H12F3. The second kappa shape index (κ2) is 4.84. The Bertz CT molecular complexity index is 515. The van der Waals surface area contributed by atoms with E-state index in [1.54, 1.807) is 30.3 Å². The topological polar surface area (TPSA) is 0 Å². The molecule has 93 valence electrons. The van der Waals surface area contributed by atoms with E-state index >= 15 is 0 Å². The molecule has 0 amide bonds. The summed E-state index contributed by atoms with van der Waals surface area (Å²) in [6.07, 6.45) is -4.35. The first kappa shape index (κ1) is 12.7. The van der Waals surface area contributed by atoms with E-state index in [2.05, 4.69) is 6.92 Å². The fraction of sp³-hybridized carbons (Fsp3) is 0.133. The molecule has 0 saturated carbocycles. The van der Waals surface area contributed by atoms with Crippen molar-refractivity contribution in [1.29, 1.82) is 0 Å². The molecule has 0 aliphatic heterocycles. The van der Waals surface area contributed by atoms with Gasteiger partial charge < -0.3 is 0 Å². The summed E-state index contributed by atoms with van der Waals surface area (Å²) < 4.78 is 38.7. The number of hydrogen-bond acceptors (Lipinski definition) is 0. The van der Waals surface area contributed by atoms with Crippen LogP contribution in [-0.2, 0) is 6.18 Å². The molecule has 0 aliphatic carbocycles. The maximum Gasteiger partial charge on any atom is 0.416 e. The van der Waals surface area contributed by atoms with Gasteiger partial charge in [-0.15, -0.1) is 0 Å². The van der Waals surface area contributed by atoms with Crippen molar-refractivity contribution in [2.24, 2.45) is 0 Å². The molecule has 0 bridgehead atoms. The van der Waals surface area contributed by atoms with Crippen molar-refractivity contribution in [3.8, 4) is 0 Å². The second-order valence-corrected chi connectivity index (χ2v) is 4.05. The van der Waals surface area contributed by atoms with Crippen molar-refractivity contribution in [2.75, 3.05) is 0 Å². The van der Waals surface area contributed by atoms with E-state index in [1.807, 2.05) is 6.07 Å². The van der Waals surface area contributed by atoms with E-state index in [9.17, 15) is 13.2 Å². The lowest BCUT2D eigenvalue weighted by molar-refractivity contribution is -0.138. The highest BCUT2D eigenvalue weighted by Gasteiger charge is 2.34. The van der Waals surface area contributed by atoms with Gasteiger partial charge in [-0.25, -0.2) is 0 Å². The molecule has 0 aliphatic rings. The molecule has 0 fully saturated rings. The van der Waals surface area contributed by atoms with Crippen molar-refractivity contribution in [3.05, 3.63) is 78.2 Å². The molecule has 2 aromatic carbocycles. The van der Waals surface area contributed by atoms with Crippen LogP contribution in [0.2, 0.25) is 0 Å². The van der Waals surface area contributed by atoms with Crippen molar-refractivity contribution in [1.82, 2.24) is 0 Å². The molecule has 0 spiro atoms. The summed E-state index contributed by atoms with van der Waals surface area (Å²) in [6, 6.07) is 14.6. The van der Waals surface area contributed by atoms with Gasteiger partial charge in [-0.3, -0.25) is 0 Å². The third-order valence-corrected chi connectivity index (χ3v) is 2.84. The van der Waals surface area contributed by atoms with Crippen LogP contribution < -0.4 is 0 Å². The Morgan fingerprint density at radius 2 is 1.39 bits per heavy atom. The summed E-state index contributed by atoms with van der Waals surface area (Å²) >= 11 is 0. The monoisotopic (exact) mass is 249 g/mol. The van der Waals surface area contributed by atoms with Gasteiger partial charge in [0.25, 0.3) is 0 Å². The van der Waals surface area contributed by atoms with Crippen molar-refractivity contribution >= 4 is 0 Å². The Labute approximate surface area is 104 Å². The Morgan fingerprint density at radius 3 is 2.00 bits per heavy atom. The quantitative estimate of drug-likeness (QED) is 0.725. The minimum Gasteiger partial charge on any atom is -0.166 e. The van der Waals surface area contributed by atoms with E-state index in [4.69, 9.17) is 0 Å². The van der Waals surface area contributed by atoms with Crippen molar-refractivity contribution in [2.45, 2.75) is 12.1 Å². The third-order valence-electron chi connectivity index (χ3n) is 2.84. The van der Waals surface area contributed by atoms with Gasteiger partial charge in [0.1, 0.15) is 0 Å². The van der Waals surface area contributed by atoms with Crippen LogP contribution in [0.15, 0.2) is 54.6 Å². The van der Waals surface area contributed by atoms with Crippen molar-refractivity contribution < 1.29 is 13.2 Å². The smallest absolute Gasteiger partial charge is 0.166 e. The van der Waals surface area contributed by atoms with Gasteiger partial charge in [0.2, 0.25) is 0 Å². The van der Waals surface area contributed by atoms with Crippen LogP contribution in [0, 0.1) is 6.92 Å². The minimum absolute atomic E-state index is 0.205. The van der Waals surface area contributed by atoms with Gasteiger partial charge in [-0.05, 0) is 24.1 Å². The van der Waals surface area contributed by atoms with Crippen LogP contribution in [0.5, 0.6) is 0 Å². The predicted molar refractivity (Wildman–Crippen MR) is 65.1 cm³/mol. The largest absolute Gasteiger partial charge is 0.416 e. The van der Waals surface area contributed by atoms with Gasteiger partial charge >= 0.3 is 6.18 Å². The standard InChI is InChI=1S/C15H12F3/c1-11(12-7-3-2-4-8-12)13-9-5-6-10-14(13)15(16,17)18/h2-11H,1H2.